The van der Waals surface area contributed by atoms with E-state index in [0.717, 1.165) is 9.80 Å². The molecular formula is C10H15CoKN2O8. The Morgan fingerprint density at radius 3 is 1.23 bits per heavy atom. The molecule has 0 aromatic heterocycles. The Hall–Kier alpha value is -0.0571. The molecule has 123 valence electrons. The molecule has 0 fully saturated rings. The standard InChI is InChI=1S/C10H16N2O8.Co.K/c13-7(14)3-11(4-8(15)16)1-2-12(5-9(17)18)6-10(19)20;;/h1-6H2,(H,13,14)(H,15,16)(H,17,18)(H,19,20);;/q;;+1/p-1. The summed E-state index contributed by atoms with van der Waals surface area (Å²) in [7, 11) is 0. The van der Waals surface area contributed by atoms with Gasteiger partial charge in [-0.05, 0) is 0 Å². The molecule has 0 aromatic rings. The quantitative estimate of drug-likeness (QED) is 0.290. The van der Waals surface area contributed by atoms with Crippen molar-refractivity contribution in [1.29, 1.82) is 0 Å². The Kier molecular flexibility index (Phi) is 17.7. The molecule has 0 spiro atoms. The number of carboxylic acid groups (broad SMARTS) is 4. The number of aliphatic carboxylic acids is 4. The van der Waals surface area contributed by atoms with Gasteiger partial charge >= 0.3 is 69.3 Å². The van der Waals surface area contributed by atoms with Gasteiger partial charge in [-0.1, -0.05) is 0 Å². The van der Waals surface area contributed by atoms with Crippen LogP contribution < -0.4 is 56.5 Å². The molecule has 0 saturated heterocycles. The summed E-state index contributed by atoms with van der Waals surface area (Å²) in [5, 5.41) is 36.3. The molecule has 0 aliphatic carbocycles. The number of rotatable bonds is 11. The van der Waals surface area contributed by atoms with E-state index in [1.54, 1.807) is 0 Å². The Bertz CT molecular complexity index is 327. The van der Waals surface area contributed by atoms with Crippen molar-refractivity contribution in [2.75, 3.05) is 39.3 Å². The molecule has 0 heterocycles. The van der Waals surface area contributed by atoms with Crippen molar-refractivity contribution in [1.82, 2.24) is 9.80 Å². The Morgan fingerprint density at radius 1 is 0.727 bits per heavy atom. The van der Waals surface area contributed by atoms with Gasteiger partial charge in [0.25, 0.3) is 0 Å². The molecule has 1 radical (unpaired) electrons. The van der Waals surface area contributed by atoms with Gasteiger partial charge in [-0.25, -0.2) is 0 Å². The number of carbonyl (C=O) groups is 4. The summed E-state index contributed by atoms with van der Waals surface area (Å²) in [6.07, 6.45) is 0. The fraction of sp³-hybridized carbons (Fsp3) is 0.600. The first-order valence-corrected chi connectivity index (χ1v) is 5.50. The Morgan fingerprint density at radius 2 is 1.00 bits per heavy atom. The van der Waals surface area contributed by atoms with E-state index in [-0.39, 0.29) is 81.3 Å². The van der Waals surface area contributed by atoms with Crippen LogP contribution in [0, 0.1) is 0 Å². The van der Waals surface area contributed by atoms with Crippen LogP contribution in [0.25, 0.3) is 0 Å². The van der Waals surface area contributed by atoms with Gasteiger partial charge < -0.3 is 25.2 Å². The molecule has 22 heavy (non-hydrogen) atoms. The molecule has 10 nitrogen and oxygen atoms in total. The molecular weight excluding hydrogens is 374 g/mol. The van der Waals surface area contributed by atoms with Gasteiger partial charge in [-0.3, -0.25) is 24.2 Å². The maximum atomic E-state index is 10.5. The zero-order valence-electron chi connectivity index (χ0n) is 11.9. The van der Waals surface area contributed by atoms with E-state index < -0.39 is 50.1 Å². The van der Waals surface area contributed by atoms with Crippen molar-refractivity contribution in [3.63, 3.8) is 0 Å². The van der Waals surface area contributed by atoms with Crippen molar-refractivity contribution in [3.05, 3.63) is 0 Å². The zero-order chi connectivity index (χ0) is 15.7. The van der Waals surface area contributed by atoms with Crippen LogP contribution in [0.3, 0.4) is 0 Å². The fourth-order valence-corrected chi connectivity index (χ4v) is 1.47. The number of hydrogen-bond acceptors (Lipinski definition) is 7. The van der Waals surface area contributed by atoms with Crippen LogP contribution in [0.5, 0.6) is 0 Å². The van der Waals surface area contributed by atoms with Gasteiger partial charge in [0.05, 0.1) is 25.6 Å². The summed E-state index contributed by atoms with van der Waals surface area (Å²) in [6, 6.07) is 0. The van der Waals surface area contributed by atoms with Crippen molar-refractivity contribution in [2.45, 2.75) is 0 Å². The van der Waals surface area contributed by atoms with Gasteiger partial charge in [0.2, 0.25) is 0 Å². The second-order valence-electron chi connectivity index (χ2n) is 3.97. The van der Waals surface area contributed by atoms with Gasteiger partial charge in [0.1, 0.15) is 0 Å². The third kappa shape index (κ3) is 16.3. The van der Waals surface area contributed by atoms with Crippen LogP contribution in [0.4, 0.5) is 0 Å². The predicted octanol–water partition coefficient (Wildman–Crippen LogP) is -6.40. The largest absolute Gasteiger partial charge is 1.00 e. The summed E-state index contributed by atoms with van der Waals surface area (Å²) in [5.41, 5.74) is 0. The maximum Gasteiger partial charge on any atom is 1.00 e. The topological polar surface area (TPSA) is 159 Å². The molecule has 0 aromatic carbocycles. The van der Waals surface area contributed by atoms with Gasteiger partial charge in [0.15, 0.2) is 0 Å². The third-order valence-electron chi connectivity index (χ3n) is 2.16. The van der Waals surface area contributed by atoms with E-state index >= 15 is 0 Å². The Labute approximate surface area is 179 Å². The molecule has 0 atom stereocenters. The van der Waals surface area contributed by atoms with Crippen molar-refractivity contribution in [2.24, 2.45) is 0 Å². The first kappa shape index (κ1) is 26.8. The second-order valence-corrected chi connectivity index (χ2v) is 3.97. The summed E-state index contributed by atoms with van der Waals surface area (Å²) in [5.74, 6) is -5.21. The van der Waals surface area contributed by atoms with Crippen LogP contribution >= 0.6 is 0 Å². The van der Waals surface area contributed by atoms with Crippen molar-refractivity contribution >= 4 is 23.9 Å². The summed E-state index contributed by atoms with van der Waals surface area (Å²) >= 11 is 0. The molecule has 0 rings (SSSR count). The normalized spacial score (nSPS) is 9.73. The molecule has 0 unspecified atom stereocenters. The summed E-state index contributed by atoms with van der Waals surface area (Å²) in [4.78, 5) is 44.1. The van der Waals surface area contributed by atoms with Crippen molar-refractivity contribution in [3.8, 4) is 0 Å². The molecule has 3 N–H and O–H groups in total. The van der Waals surface area contributed by atoms with Crippen molar-refractivity contribution < 1.29 is 108 Å². The summed E-state index contributed by atoms with van der Waals surface area (Å²) < 4.78 is 0. The first-order valence-electron chi connectivity index (χ1n) is 5.50. The first-order chi connectivity index (χ1) is 9.20. The smallest absolute Gasteiger partial charge is 0.549 e. The van der Waals surface area contributed by atoms with E-state index in [1.165, 1.54) is 0 Å². The van der Waals surface area contributed by atoms with E-state index in [4.69, 9.17) is 15.3 Å². The van der Waals surface area contributed by atoms with Gasteiger partial charge in [-0.15, -0.1) is 0 Å². The fourth-order valence-electron chi connectivity index (χ4n) is 1.47. The second kappa shape index (κ2) is 14.5. The average Bonchev–Trinajstić information content (AvgIpc) is 2.22. The van der Waals surface area contributed by atoms with Crippen LogP contribution in [0.2, 0.25) is 0 Å². The molecule has 0 bridgehead atoms. The predicted molar refractivity (Wildman–Crippen MR) is 60.8 cm³/mol. The maximum absolute atomic E-state index is 10.5. The van der Waals surface area contributed by atoms with Crippen LogP contribution in [-0.4, -0.2) is 88.3 Å². The van der Waals surface area contributed by atoms with E-state index in [0.29, 0.717) is 0 Å². The SMILES string of the molecule is O=C([O-])CN(CCN(CC(=O)O)CC(=O)O)CC(=O)O.[Co].[K+]. The molecule has 0 amide bonds. The molecule has 0 aliphatic heterocycles. The molecule has 12 heteroatoms. The Balaban J connectivity index is -0.00000180. The van der Waals surface area contributed by atoms with E-state index in [1.807, 2.05) is 0 Å². The average molecular weight is 389 g/mol. The molecule has 0 aliphatic rings. The van der Waals surface area contributed by atoms with E-state index in [9.17, 15) is 24.3 Å². The third-order valence-corrected chi connectivity index (χ3v) is 2.16. The number of carbonyl (C=O) groups excluding carboxylic acids is 1. The van der Waals surface area contributed by atoms with Gasteiger partial charge in [0, 0.05) is 36.4 Å². The zero-order valence-corrected chi connectivity index (χ0v) is 16.0. The minimum Gasteiger partial charge on any atom is -0.549 e. The van der Waals surface area contributed by atoms with Crippen LogP contribution in [0.1, 0.15) is 0 Å². The van der Waals surface area contributed by atoms with Gasteiger partial charge in [-0.2, -0.15) is 0 Å². The number of hydrogen-bond donors (Lipinski definition) is 3. The number of carboxylic acids is 4. The van der Waals surface area contributed by atoms with Crippen LogP contribution in [0.15, 0.2) is 0 Å². The number of nitrogens with zero attached hydrogens (tertiary/aromatic N) is 2. The minimum absolute atomic E-state index is 0. The summed E-state index contributed by atoms with van der Waals surface area (Å²) in [6.45, 7) is -2.50. The molecule has 0 saturated carbocycles. The van der Waals surface area contributed by atoms with E-state index in [2.05, 4.69) is 0 Å². The minimum atomic E-state index is -1.48. The van der Waals surface area contributed by atoms with Crippen LogP contribution in [-0.2, 0) is 36.0 Å². The monoisotopic (exact) mass is 389 g/mol.